The molecule has 0 aliphatic carbocycles. The van der Waals surface area contributed by atoms with Crippen LogP contribution in [0.4, 0.5) is 5.69 Å². The molecular weight excluding hydrogens is 386 g/mol. The molecule has 0 saturated heterocycles. The number of anilines is 1. The topological polar surface area (TPSA) is 65.4 Å². The molecule has 2 aromatic rings. The molecule has 1 N–H and O–H groups in total. The Balaban J connectivity index is 2.00. The number of aryl methyl sites for hydroxylation is 1. The number of nitriles is 1. The maximum absolute atomic E-state index is 12.3. The summed E-state index contributed by atoms with van der Waals surface area (Å²) in [6.07, 6.45) is 5.12. The normalized spacial score (nSPS) is 11.3. The number of nitrogens with one attached hydrogen (secondary N) is 1. The van der Waals surface area contributed by atoms with Crippen molar-refractivity contribution in [3.05, 3.63) is 65.2 Å². The Morgan fingerprint density at radius 3 is 2.39 bits per heavy atom. The molecule has 5 nitrogen and oxygen atoms in total. The average Bonchev–Trinajstić information content (AvgIpc) is 2.75. The second-order valence-electron chi connectivity index (χ2n) is 8.11. The average molecular weight is 420 g/mol. The number of ether oxygens (including phenoxy) is 1. The number of hydrogen-bond donors (Lipinski definition) is 1. The van der Waals surface area contributed by atoms with Gasteiger partial charge < -0.3 is 10.1 Å². The molecule has 0 heterocycles. The highest BCUT2D eigenvalue weighted by Gasteiger charge is 2.13. The van der Waals surface area contributed by atoms with E-state index in [9.17, 15) is 4.79 Å². The number of amides is 1. The summed E-state index contributed by atoms with van der Waals surface area (Å²) in [6.45, 7) is 9.91. The van der Waals surface area contributed by atoms with Crippen molar-refractivity contribution >= 4 is 17.7 Å². The molecule has 31 heavy (non-hydrogen) atoms. The summed E-state index contributed by atoms with van der Waals surface area (Å²) in [4.78, 5) is 14.8. The predicted octanol–water partition coefficient (Wildman–Crippen LogP) is 5.27. The van der Waals surface area contributed by atoms with Gasteiger partial charge in [-0.15, -0.1) is 0 Å². The minimum Gasteiger partial charge on any atom is -0.496 e. The van der Waals surface area contributed by atoms with E-state index in [1.807, 2.05) is 30.3 Å². The zero-order valence-corrected chi connectivity index (χ0v) is 19.2. The first-order valence-electron chi connectivity index (χ1n) is 10.8. The molecule has 1 amide bonds. The fourth-order valence-corrected chi connectivity index (χ4v) is 3.64. The van der Waals surface area contributed by atoms with Gasteiger partial charge in [0.25, 0.3) is 0 Å². The Morgan fingerprint density at radius 1 is 1.13 bits per heavy atom. The summed E-state index contributed by atoms with van der Waals surface area (Å²) in [5, 5.41) is 11.8. The van der Waals surface area contributed by atoms with Crippen LogP contribution in [0, 0.1) is 11.3 Å². The highest BCUT2D eigenvalue weighted by molar-refractivity contribution is 6.02. The summed E-state index contributed by atoms with van der Waals surface area (Å²) in [7, 11) is 1.67. The molecule has 0 saturated carbocycles. The number of rotatable bonds is 10. The van der Waals surface area contributed by atoms with Gasteiger partial charge in [0, 0.05) is 23.8 Å². The van der Waals surface area contributed by atoms with E-state index in [2.05, 4.69) is 44.0 Å². The van der Waals surface area contributed by atoms with E-state index < -0.39 is 0 Å². The van der Waals surface area contributed by atoms with Gasteiger partial charge in [0.15, 0.2) is 0 Å². The van der Waals surface area contributed by atoms with Crippen LogP contribution in [0.5, 0.6) is 5.75 Å². The summed E-state index contributed by atoms with van der Waals surface area (Å²) >= 11 is 0. The van der Waals surface area contributed by atoms with Crippen LogP contribution in [0.1, 0.15) is 50.8 Å². The number of methoxy groups -OCH3 is 1. The van der Waals surface area contributed by atoms with Crippen molar-refractivity contribution in [1.82, 2.24) is 4.90 Å². The number of carbonyl (C=O) groups is 1. The first-order valence-corrected chi connectivity index (χ1v) is 10.8. The zero-order valence-electron chi connectivity index (χ0n) is 19.2. The van der Waals surface area contributed by atoms with Gasteiger partial charge in [-0.1, -0.05) is 12.1 Å². The maximum Gasteiger partial charge on any atom is 0.248 e. The molecule has 164 valence electrons. The summed E-state index contributed by atoms with van der Waals surface area (Å²) < 4.78 is 5.52. The van der Waals surface area contributed by atoms with Gasteiger partial charge >= 0.3 is 0 Å². The lowest BCUT2D eigenvalue weighted by molar-refractivity contribution is -0.111. The molecule has 5 heteroatoms. The van der Waals surface area contributed by atoms with Gasteiger partial charge in [-0.2, -0.15) is 5.26 Å². The van der Waals surface area contributed by atoms with E-state index in [0.717, 1.165) is 42.0 Å². The van der Waals surface area contributed by atoms with Crippen molar-refractivity contribution in [2.45, 2.75) is 52.6 Å². The SMILES string of the molecule is COc1ccc(NC(=O)/C=C/c2ccc(C#N)cc2)cc1CCCN(C(C)C)C(C)C. The molecule has 0 radical (unpaired) electrons. The highest BCUT2D eigenvalue weighted by atomic mass is 16.5. The minimum atomic E-state index is -0.203. The largest absolute Gasteiger partial charge is 0.496 e. The summed E-state index contributed by atoms with van der Waals surface area (Å²) in [5.74, 6) is 0.637. The van der Waals surface area contributed by atoms with Crippen molar-refractivity contribution in [3.63, 3.8) is 0 Å². The van der Waals surface area contributed by atoms with Crippen molar-refractivity contribution in [2.24, 2.45) is 0 Å². The molecule has 2 rings (SSSR count). The summed E-state index contributed by atoms with van der Waals surface area (Å²) in [6, 6.07) is 15.9. The Labute approximate surface area is 186 Å². The van der Waals surface area contributed by atoms with E-state index >= 15 is 0 Å². The van der Waals surface area contributed by atoms with Crippen LogP contribution in [-0.2, 0) is 11.2 Å². The van der Waals surface area contributed by atoms with Gasteiger partial charge in [-0.3, -0.25) is 9.69 Å². The minimum absolute atomic E-state index is 0.203. The third-order valence-electron chi connectivity index (χ3n) is 5.20. The van der Waals surface area contributed by atoms with Crippen LogP contribution in [0.15, 0.2) is 48.5 Å². The van der Waals surface area contributed by atoms with Gasteiger partial charge in [0.2, 0.25) is 5.91 Å². The molecule has 2 aromatic carbocycles. The van der Waals surface area contributed by atoms with E-state index in [0.29, 0.717) is 17.6 Å². The first-order chi connectivity index (χ1) is 14.8. The van der Waals surface area contributed by atoms with Gasteiger partial charge in [0.05, 0.1) is 18.7 Å². The van der Waals surface area contributed by atoms with Gasteiger partial charge in [-0.05, 0) is 94.6 Å². The molecular formula is C26H33N3O2. The first kappa shape index (κ1) is 24.2. The van der Waals surface area contributed by atoms with Gasteiger partial charge in [-0.25, -0.2) is 0 Å². The van der Waals surface area contributed by atoms with Crippen molar-refractivity contribution in [1.29, 1.82) is 5.26 Å². The standard InChI is InChI=1S/C26H33N3O2/c1-19(2)29(20(3)4)16-6-7-23-17-24(13-14-25(23)31-5)28-26(30)15-12-21-8-10-22(18-27)11-9-21/h8-15,17,19-20H,6-7,16H2,1-5H3,(H,28,30)/b15-12+. The maximum atomic E-state index is 12.3. The second-order valence-corrected chi connectivity index (χ2v) is 8.11. The quantitative estimate of drug-likeness (QED) is 0.533. The molecule has 0 aromatic heterocycles. The van der Waals surface area contributed by atoms with E-state index in [1.165, 1.54) is 6.08 Å². The third kappa shape index (κ3) is 7.58. The molecule has 0 bridgehead atoms. The molecule has 0 fully saturated rings. The lowest BCUT2D eigenvalue weighted by atomic mass is 10.1. The van der Waals surface area contributed by atoms with E-state index in [-0.39, 0.29) is 5.91 Å². The molecule has 0 unspecified atom stereocenters. The molecule has 0 atom stereocenters. The Bertz CT molecular complexity index is 917. The lowest BCUT2D eigenvalue weighted by Crippen LogP contribution is -2.37. The third-order valence-corrected chi connectivity index (χ3v) is 5.20. The lowest BCUT2D eigenvalue weighted by Gasteiger charge is -2.30. The molecule has 0 aliphatic rings. The molecule has 0 aliphatic heterocycles. The van der Waals surface area contributed by atoms with Gasteiger partial charge in [0.1, 0.15) is 5.75 Å². The number of nitrogens with zero attached hydrogens (tertiary/aromatic N) is 2. The Kier molecular flexibility index (Phi) is 9.30. The number of carbonyl (C=O) groups excluding carboxylic acids is 1. The Morgan fingerprint density at radius 2 is 1.81 bits per heavy atom. The van der Waals surface area contributed by atoms with Crippen LogP contribution < -0.4 is 10.1 Å². The second kappa shape index (κ2) is 11.9. The predicted molar refractivity (Wildman–Crippen MR) is 127 cm³/mol. The fraction of sp³-hybridized carbons (Fsp3) is 0.385. The van der Waals surface area contributed by atoms with Crippen LogP contribution in [0.25, 0.3) is 6.08 Å². The highest BCUT2D eigenvalue weighted by Crippen LogP contribution is 2.24. The molecule has 0 spiro atoms. The van der Waals surface area contributed by atoms with Crippen molar-refractivity contribution < 1.29 is 9.53 Å². The van der Waals surface area contributed by atoms with Crippen molar-refractivity contribution in [2.75, 3.05) is 19.0 Å². The van der Waals surface area contributed by atoms with Crippen LogP contribution in [0.2, 0.25) is 0 Å². The van der Waals surface area contributed by atoms with Crippen molar-refractivity contribution in [3.8, 4) is 11.8 Å². The smallest absolute Gasteiger partial charge is 0.248 e. The Hall–Kier alpha value is -3.10. The van der Waals surface area contributed by atoms with Crippen LogP contribution >= 0.6 is 0 Å². The van der Waals surface area contributed by atoms with Crippen LogP contribution in [-0.4, -0.2) is 36.5 Å². The van der Waals surface area contributed by atoms with E-state index in [1.54, 1.807) is 25.3 Å². The van der Waals surface area contributed by atoms with Crippen LogP contribution in [0.3, 0.4) is 0 Å². The number of benzene rings is 2. The zero-order chi connectivity index (χ0) is 22.8. The van der Waals surface area contributed by atoms with E-state index in [4.69, 9.17) is 10.00 Å². The number of hydrogen-bond acceptors (Lipinski definition) is 4. The monoisotopic (exact) mass is 419 g/mol. The fourth-order valence-electron chi connectivity index (χ4n) is 3.64. The summed E-state index contributed by atoms with van der Waals surface area (Å²) in [5.41, 5.74) is 3.29.